The van der Waals surface area contributed by atoms with Gasteiger partial charge in [0.05, 0.1) is 6.54 Å². The maximum atomic E-state index is 12.2. The SMILES string of the molecule is CCN(CC(=O)NC(=O)NCCC1=CCCCC1)Cc1ccc(N(C)C)cc1. The van der Waals surface area contributed by atoms with Crippen molar-refractivity contribution in [1.82, 2.24) is 15.5 Å². The Labute approximate surface area is 169 Å². The molecule has 0 aromatic heterocycles. The molecule has 0 fully saturated rings. The van der Waals surface area contributed by atoms with Gasteiger partial charge in [0.1, 0.15) is 0 Å². The molecule has 0 saturated heterocycles. The number of benzene rings is 1. The molecular formula is C22H34N4O2. The Morgan fingerprint density at radius 3 is 2.46 bits per heavy atom. The van der Waals surface area contributed by atoms with E-state index >= 15 is 0 Å². The third-order valence-corrected chi connectivity index (χ3v) is 5.04. The summed E-state index contributed by atoms with van der Waals surface area (Å²) in [6.45, 7) is 4.19. The van der Waals surface area contributed by atoms with E-state index in [1.54, 1.807) is 0 Å². The molecule has 0 radical (unpaired) electrons. The Balaban J connectivity index is 1.71. The van der Waals surface area contributed by atoms with Crippen molar-refractivity contribution in [3.05, 3.63) is 41.5 Å². The maximum absolute atomic E-state index is 12.2. The highest BCUT2D eigenvalue weighted by Crippen LogP contribution is 2.19. The smallest absolute Gasteiger partial charge is 0.321 e. The van der Waals surface area contributed by atoms with Gasteiger partial charge in [-0.05, 0) is 56.3 Å². The summed E-state index contributed by atoms with van der Waals surface area (Å²) in [7, 11) is 4.02. The van der Waals surface area contributed by atoms with Gasteiger partial charge in [0.25, 0.3) is 0 Å². The fourth-order valence-electron chi connectivity index (χ4n) is 3.32. The van der Waals surface area contributed by atoms with E-state index in [0.717, 1.165) is 37.1 Å². The number of rotatable bonds is 9. The lowest BCUT2D eigenvalue weighted by atomic mass is 9.97. The summed E-state index contributed by atoms with van der Waals surface area (Å²) in [4.78, 5) is 28.2. The van der Waals surface area contributed by atoms with Crippen LogP contribution in [0.5, 0.6) is 0 Å². The number of imide groups is 1. The molecular weight excluding hydrogens is 352 g/mol. The topological polar surface area (TPSA) is 64.7 Å². The molecule has 28 heavy (non-hydrogen) atoms. The zero-order chi connectivity index (χ0) is 20.4. The minimum atomic E-state index is -0.409. The first kappa shape index (κ1) is 22.0. The van der Waals surface area contributed by atoms with Gasteiger partial charge in [-0.1, -0.05) is 30.7 Å². The molecule has 0 heterocycles. The molecule has 2 N–H and O–H groups in total. The maximum Gasteiger partial charge on any atom is 0.321 e. The van der Waals surface area contributed by atoms with Crippen LogP contribution >= 0.6 is 0 Å². The Hall–Kier alpha value is -2.34. The van der Waals surface area contributed by atoms with E-state index in [1.165, 1.54) is 18.4 Å². The molecule has 1 aromatic carbocycles. The predicted octanol–water partition coefficient (Wildman–Crippen LogP) is 3.29. The van der Waals surface area contributed by atoms with Gasteiger partial charge in [-0.3, -0.25) is 15.0 Å². The lowest BCUT2D eigenvalue weighted by Gasteiger charge is -2.20. The molecule has 0 bridgehead atoms. The van der Waals surface area contributed by atoms with Crippen LogP contribution in [0.2, 0.25) is 0 Å². The first-order valence-corrected chi connectivity index (χ1v) is 10.2. The summed E-state index contributed by atoms with van der Waals surface area (Å²) >= 11 is 0. The normalized spacial score (nSPS) is 13.8. The van der Waals surface area contributed by atoms with Crippen LogP contribution in [0.1, 0.15) is 44.6 Å². The van der Waals surface area contributed by atoms with Crippen LogP contribution in [0.15, 0.2) is 35.9 Å². The molecule has 1 aromatic rings. The van der Waals surface area contributed by atoms with Gasteiger partial charge < -0.3 is 10.2 Å². The molecule has 0 saturated carbocycles. The van der Waals surface area contributed by atoms with Gasteiger partial charge >= 0.3 is 6.03 Å². The quantitative estimate of drug-likeness (QED) is 0.639. The van der Waals surface area contributed by atoms with E-state index in [4.69, 9.17) is 0 Å². The third-order valence-electron chi connectivity index (χ3n) is 5.04. The van der Waals surface area contributed by atoms with Gasteiger partial charge in [-0.15, -0.1) is 0 Å². The Bertz CT molecular complexity index is 668. The second-order valence-electron chi connectivity index (χ2n) is 7.53. The summed E-state index contributed by atoms with van der Waals surface area (Å²) in [5.74, 6) is -0.277. The van der Waals surface area contributed by atoms with Crippen LogP contribution in [0, 0.1) is 0 Å². The molecule has 0 unspecified atom stereocenters. The molecule has 0 atom stereocenters. The Kier molecular flexibility index (Phi) is 9.01. The average molecular weight is 387 g/mol. The second kappa shape index (κ2) is 11.5. The van der Waals surface area contributed by atoms with E-state index in [-0.39, 0.29) is 12.5 Å². The fraction of sp³-hybridized carbons (Fsp3) is 0.545. The van der Waals surface area contributed by atoms with Crippen molar-refractivity contribution in [3.8, 4) is 0 Å². The number of allylic oxidation sites excluding steroid dienone is 1. The monoisotopic (exact) mass is 386 g/mol. The van der Waals surface area contributed by atoms with Gasteiger partial charge in [0.2, 0.25) is 5.91 Å². The van der Waals surface area contributed by atoms with E-state index in [0.29, 0.717) is 13.1 Å². The van der Waals surface area contributed by atoms with Crippen molar-refractivity contribution in [1.29, 1.82) is 0 Å². The molecule has 154 valence electrons. The predicted molar refractivity (Wildman–Crippen MR) is 114 cm³/mol. The first-order valence-electron chi connectivity index (χ1n) is 10.2. The number of amides is 3. The van der Waals surface area contributed by atoms with Crippen molar-refractivity contribution in [2.75, 3.05) is 38.6 Å². The number of nitrogens with one attached hydrogen (secondary N) is 2. The zero-order valence-electron chi connectivity index (χ0n) is 17.5. The molecule has 0 spiro atoms. The minimum absolute atomic E-state index is 0.199. The Morgan fingerprint density at radius 2 is 1.86 bits per heavy atom. The van der Waals surface area contributed by atoms with E-state index in [2.05, 4.69) is 45.9 Å². The molecule has 1 aliphatic rings. The lowest BCUT2D eigenvalue weighted by molar-refractivity contribution is -0.121. The van der Waals surface area contributed by atoms with Crippen molar-refractivity contribution in [3.63, 3.8) is 0 Å². The molecule has 3 amide bonds. The molecule has 1 aliphatic carbocycles. The number of likely N-dealkylation sites (N-methyl/N-ethyl adjacent to an activating group) is 1. The van der Waals surface area contributed by atoms with Crippen molar-refractivity contribution in [2.45, 2.75) is 45.6 Å². The molecule has 6 nitrogen and oxygen atoms in total. The third kappa shape index (κ3) is 7.72. The number of hydrogen-bond acceptors (Lipinski definition) is 4. The first-order chi connectivity index (χ1) is 13.5. The van der Waals surface area contributed by atoms with Crippen LogP contribution in [0.3, 0.4) is 0 Å². The lowest BCUT2D eigenvalue weighted by Crippen LogP contribution is -2.44. The van der Waals surface area contributed by atoms with Crippen LogP contribution in [-0.2, 0) is 11.3 Å². The summed E-state index contributed by atoms with van der Waals surface area (Å²) in [6, 6.07) is 7.87. The van der Waals surface area contributed by atoms with Crippen LogP contribution in [0.25, 0.3) is 0 Å². The zero-order valence-corrected chi connectivity index (χ0v) is 17.5. The molecule has 0 aliphatic heterocycles. The minimum Gasteiger partial charge on any atom is -0.378 e. The van der Waals surface area contributed by atoms with Crippen LogP contribution in [0.4, 0.5) is 10.5 Å². The van der Waals surface area contributed by atoms with Crippen molar-refractivity contribution < 1.29 is 9.59 Å². The number of anilines is 1. The molecule has 2 rings (SSSR count). The van der Waals surface area contributed by atoms with Gasteiger partial charge in [0, 0.05) is 32.9 Å². The number of hydrogen-bond donors (Lipinski definition) is 2. The standard InChI is InChI=1S/C22H34N4O2/c1-4-26(16-19-10-12-20(13-11-19)25(2)3)17-21(27)24-22(28)23-15-14-18-8-6-5-7-9-18/h8,10-13H,4-7,9,14-17H2,1-3H3,(H2,23,24,27,28). The van der Waals surface area contributed by atoms with Gasteiger partial charge in [-0.2, -0.15) is 0 Å². The van der Waals surface area contributed by atoms with Crippen molar-refractivity contribution in [2.24, 2.45) is 0 Å². The summed E-state index contributed by atoms with van der Waals surface area (Å²) in [5, 5.41) is 5.22. The number of carbonyl (C=O) groups is 2. The van der Waals surface area contributed by atoms with E-state index < -0.39 is 6.03 Å². The van der Waals surface area contributed by atoms with Crippen LogP contribution in [-0.4, -0.2) is 50.6 Å². The average Bonchev–Trinajstić information content (AvgIpc) is 2.68. The summed E-state index contributed by atoms with van der Waals surface area (Å²) in [6.07, 6.45) is 7.92. The van der Waals surface area contributed by atoms with Gasteiger partial charge in [0.15, 0.2) is 0 Å². The highest BCUT2D eigenvalue weighted by Gasteiger charge is 2.13. The highest BCUT2D eigenvalue weighted by atomic mass is 16.2. The van der Waals surface area contributed by atoms with E-state index in [9.17, 15) is 9.59 Å². The summed E-state index contributed by atoms with van der Waals surface area (Å²) < 4.78 is 0. The number of carbonyl (C=O) groups excluding carboxylic acids is 2. The number of nitrogens with zero attached hydrogens (tertiary/aromatic N) is 2. The van der Waals surface area contributed by atoms with Crippen LogP contribution < -0.4 is 15.5 Å². The van der Waals surface area contributed by atoms with Crippen molar-refractivity contribution >= 4 is 17.6 Å². The second-order valence-corrected chi connectivity index (χ2v) is 7.53. The Morgan fingerprint density at radius 1 is 1.11 bits per heavy atom. The highest BCUT2D eigenvalue weighted by molar-refractivity contribution is 5.95. The van der Waals surface area contributed by atoms with Gasteiger partial charge in [-0.25, -0.2) is 4.79 Å². The number of urea groups is 1. The largest absolute Gasteiger partial charge is 0.378 e. The fourth-order valence-corrected chi connectivity index (χ4v) is 3.32. The van der Waals surface area contributed by atoms with E-state index in [1.807, 2.05) is 25.9 Å². The summed E-state index contributed by atoms with van der Waals surface area (Å²) in [5.41, 5.74) is 3.70. The molecule has 6 heteroatoms.